The summed E-state index contributed by atoms with van der Waals surface area (Å²) in [5.41, 5.74) is 5.64. The molecule has 0 saturated heterocycles. The lowest BCUT2D eigenvalue weighted by atomic mass is 9.95. The van der Waals surface area contributed by atoms with Crippen LogP contribution in [0.5, 0.6) is 0 Å². The van der Waals surface area contributed by atoms with Crippen LogP contribution in [-0.4, -0.2) is 18.0 Å². The smallest absolute Gasteiger partial charge is 0.225 e. The van der Waals surface area contributed by atoms with Crippen LogP contribution in [0.2, 0.25) is 0 Å². The van der Waals surface area contributed by atoms with Crippen LogP contribution < -0.4 is 11.1 Å². The van der Waals surface area contributed by atoms with Crippen molar-refractivity contribution < 1.29 is 4.79 Å². The average Bonchev–Trinajstić information content (AvgIpc) is 2.67. The molecule has 0 aromatic rings. The van der Waals surface area contributed by atoms with E-state index in [4.69, 9.17) is 5.73 Å². The summed E-state index contributed by atoms with van der Waals surface area (Å²) in [6.07, 6.45) is 2.21. The van der Waals surface area contributed by atoms with Gasteiger partial charge in [0.2, 0.25) is 5.91 Å². The summed E-state index contributed by atoms with van der Waals surface area (Å²) in [7, 11) is 0. The van der Waals surface area contributed by atoms with Gasteiger partial charge in [0.25, 0.3) is 0 Å². The highest BCUT2D eigenvalue weighted by molar-refractivity contribution is 5.80. The normalized spacial score (nSPS) is 21.3. The number of nitrogens with two attached hydrogens (primary N) is 1. The minimum Gasteiger partial charge on any atom is -0.351 e. The standard InChI is InChI=1S/C10H20N2O/c1-7(2)8(6-11)9(13)12-10(3)4-5-10/h7-8H,4-6,11H2,1-3H3,(H,12,13). The molecule has 0 radical (unpaired) electrons. The van der Waals surface area contributed by atoms with Crippen LogP contribution in [0, 0.1) is 11.8 Å². The number of amides is 1. The fraction of sp³-hybridized carbons (Fsp3) is 0.900. The molecule has 1 amide bonds. The minimum atomic E-state index is -0.0302. The predicted octanol–water partition coefficient (Wildman–Crippen LogP) is 0.886. The van der Waals surface area contributed by atoms with Crippen molar-refractivity contribution >= 4 is 5.91 Å². The third-order valence-electron chi connectivity index (χ3n) is 2.82. The monoisotopic (exact) mass is 184 g/mol. The van der Waals surface area contributed by atoms with E-state index in [-0.39, 0.29) is 17.4 Å². The van der Waals surface area contributed by atoms with Crippen molar-refractivity contribution in [1.82, 2.24) is 5.32 Å². The van der Waals surface area contributed by atoms with Gasteiger partial charge in [-0.3, -0.25) is 4.79 Å². The fourth-order valence-electron chi connectivity index (χ4n) is 1.38. The van der Waals surface area contributed by atoms with Crippen LogP contribution in [0.1, 0.15) is 33.6 Å². The van der Waals surface area contributed by atoms with Crippen molar-refractivity contribution in [3.8, 4) is 0 Å². The van der Waals surface area contributed by atoms with E-state index >= 15 is 0 Å². The lowest BCUT2D eigenvalue weighted by Gasteiger charge is -2.21. The Balaban J connectivity index is 2.44. The molecule has 1 rings (SSSR count). The van der Waals surface area contributed by atoms with E-state index in [1.165, 1.54) is 0 Å². The molecular formula is C10H20N2O. The maximum absolute atomic E-state index is 11.7. The van der Waals surface area contributed by atoms with Crippen molar-refractivity contribution in [3.63, 3.8) is 0 Å². The van der Waals surface area contributed by atoms with E-state index in [1.807, 2.05) is 13.8 Å². The van der Waals surface area contributed by atoms with Crippen LogP contribution in [0.15, 0.2) is 0 Å². The number of rotatable bonds is 4. The Morgan fingerprint density at radius 2 is 2.08 bits per heavy atom. The summed E-state index contributed by atoms with van der Waals surface area (Å²) >= 11 is 0. The van der Waals surface area contributed by atoms with Crippen molar-refractivity contribution in [2.45, 2.75) is 39.2 Å². The minimum absolute atomic E-state index is 0.0302. The molecule has 0 bridgehead atoms. The Labute approximate surface area is 80.1 Å². The zero-order valence-corrected chi connectivity index (χ0v) is 8.76. The first-order valence-corrected chi connectivity index (χ1v) is 5.00. The molecule has 1 atom stereocenters. The Bertz CT molecular complexity index is 197. The molecule has 3 heteroatoms. The second-order valence-corrected chi connectivity index (χ2v) is 4.64. The van der Waals surface area contributed by atoms with Crippen LogP contribution in [0.3, 0.4) is 0 Å². The molecule has 3 N–H and O–H groups in total. The number of carbonyl (C=O) groups excluding carboxylic acids is 1. The quantitative estimate of drug-likeness (QED) is 0.681. The molecule has 1 fully saturated rings. The lowest BCUT2D eigenvalue weighted by Crippen LogP contribution is -2.43. The summed E-state index contributed by atoms with van der Waals surface area (Å²) in [6, 6.07) is 0. The molecule has 0 aromatic carbocycles. The zero-order chi connectivity index (χ0) is 10.1. The van der Waals surface area contributed by atoms with E-state index in [0.29, 0.717) is 12.5 Å². The van der Waals surface area contributed by atoms with Gasteiger partial charge in [-0.25, -0.2) is 0 Å². The Kier molecular flexibility index (Phi) is 2.96. The molecule has 0 spiro atoms. The summed E-state index contributed by atoms with van der Waals surface area (Å²) in [5.74, 6) is 0.419. The molecule has 1 aliphatic carbocycles. The molecule has 0 aliphatic heterocycles. The SMILES string of the molecule is CC(C)C(CN)C(=O)NC1(C)CC1. The Morgan fingerprint density at radius 3 is 2.38 bits per heavy atom. The molecule has 1 unspecified atom stereocenters. The van der Waals surface area contributed by atoms with Gasteiger partial charge in [-0.2, -0.15) is 0 Å². The molecule has 0 aromatic heterocycles. The van der Waals surface area contributed by atoms with Crippen LogP contribution in [0.25, 0.3) is 0 Å². The van der Waals surface area contributed by atoms with Gasteiger partial charge < -0.3 is 11.1 Å². The van der Waals surface area contributed by atoms with Gasteiger partial charge in [0, 0.05) is 12.1 Å². The first kappa shape index (κ1) is 10.5. The van der Waals surface area contributed by atoms with Gasteiger partial charge in [0.05, 0.1) is 5.92 Å². The number of nitrogens with one attached hydrogen (secondary N) is 1. The number of hydrogen-bond donors (Lipinski definition) is 2. The summed E-state index contributed by atoms with van der Waals surface area (Å²) in [5, 5.41) is 3.04. The van der Waals surface area contributed by atoms with E-state index in [1.54, 1.807) is 0 Å². The van der Waals surface area contributed by atoms with Crippen molar-refractivity contribution in [1.29, 1.82) is 0 Å². The molecule has 3 nitrogen and oxygen atoms in total. The predicted molar refractivity (Wildman–Crippen MR) is 53.2 cm³/mol. The van der Waals surface area contributed by atoms with E-state index in [0.717, 1.165) is 12.8 Å². The van der Waals surface area contributed by atoms with Crippen molar-refractivity contribution in [3.05, 3.63) is 0 Å². The summed E-state index contributed by atoms with van der Waals surface area (Å²) in [4.78, 5) is 11.7. The first-order valence-electron chi connectivity index (χ1n) is 5.00. The van der Waals surface area contributed by atoms with E-state index in [2.05, 4.69) is 12.2 Å². The average molecular weight is 184 g/mol. The van der Waals surface area contributed by atoms with E-state index < -0.39 is 0 Å². The summed E-state index contributed by atoms with van der Waals surface area (Å²) in [6.45, 7) is 6.59. The zero-order valence-electron chi connectivity index (χ0n) is 8.76. The number of carbonyl (C=O) groups is 1. The first-order chi connectivity index (χ1) is 5.98. The third kappa shape index (κ3) is 2.69. The van der Waals surface area contributed by atoms with Gasteiger partial charge in [-0.15, -0.1) is 0 Å². The van der Waals surface area contributed by atoms with Gasteiger partial charge in [-0.05, 0) is 25.7 Å². The van der Waals surface area contributed by atoms with Gasteiger partial charge >= 0.3 is 0 Å². The maximum Gasteiger partial charge on any atom is 0.225 e. The number of hydrogen-bond acceptors (Lipinski definition) is 2. The second kappa shape index (κ2) is 3.66. The Hall–Kier alpha value is -0.570. The molecule has 1 aliphatic rings. The fourth-order valence-corrected chi connectivity index (χ4v) is 1.38. The summed E-state index contributed by atoms with van der Waals surface area (Å²) < 4.78 is 0. The molecule has 0 heterocycles. The largest absolute Gasteiger partial charge is 0.351 e. The van der Waals surface area contributed by atoms with Crippen LogP contribution >= 0.6 is 0 Å². The van der Waals surface area contributed by atoms with Crippen molar-refractivity contribution in [2.75, 3.05) is 6.54 Å². The topological polar surface area (TPSA) is 55.1 Å². The third-order valence-corrected chi connectivity index (χ3v) is 2.82. The lowest BCUT2D eigenvalue weighted by molar-refractivity contribution is -0.126. The van der Waals surface area contributed by atoms with Crippen LogP contribution in [-0.2, 0) is 4.79 Å². The van der Waals surface area contributed by atoms with Crippen LogP contribution in [0.4, 0.5) is 0 Å². The highest BCUT2D eigenvalue weighted by atomic mass is 16.2. The van der Waals surface area contributed by atoms with Gasteiger partial charge in [0.15, 0.2) is 0 Å². The van der Waals surface area contributed by atoms with Crippen molar-refractivity contribution in [2.24, 2.45) is 17.6 Å². The molecule has 13 heavy (non-hydrogen) atoms. The van der Waals surface area contributed by atoms with Gasteiger partial charge in [0.1, 0.15) is 0 Å². The molecule has 76 valence electrons. The van der Waals surface area contributed by atoms with Gasteiger partial charge in [-0.1, -0.05) is 13.8 Å². The maximum atomic E-state index is 11.7. The highest BCUT2D eigenvalue weighted by Crippen LogP contribution is 2.34. The van der Waals surface area contributed by atoms with E-state index in [9.17, 15) is 4.79 Å². The molecular weight excluding hydrogens is 164 g/mol. The Morgan fingerprint density at radius 1 is 1.54 bits per heavy atom. The highest BCUT2D eigenvalue weighted by Gasteiger charge is 2.40. The second-order valence-electron chi connectivity index (χ2n) is 4.64. The molecule has 1 saturated carbocycles.